The van der Waals surface area contributed by atoms with Crippen LogP contribution in [0, 0.1) is 0 Å². The zero-order valence-electron chi connectivity index (χ0n) is 17.9. The molecule has 0 aliphatic carbocycles. The van der Waals surface area contributed by atoms with Crippen molar-refractivity contribution < 1.29 is 43.2 Å². The fraction of sp³-hybridized carbons (Fsp3) is 0.864. The normalized spacial score (nSPS) is 49.5. The van der Waals surface area contributed by atoms with Crippen molar-refractivity contribution in [2.24, 2.45) is 0 Å². The number of carboxylic acids is 1. The fourth-order valence-corrected chi connectivity index (χ4v) is 6.16. The van der Waals surface area contributed by atoms with Crippen LogP contribution in [0.5, 0.6) is 0 Å². The van der Waals surface area contributed by atoms with E-state index in [9.17, 15) is 19.5 Å². The molecule has 0 aromatic carbocycles. The van der Waals surface area contributed by atoms with Crippen LogP contribution >= 0.6 is 0 Å². The highest BCUT2D eigenvalue weighted by Crippen LogP contribution is 2.49. The van der Waals surface area contributed by atoms with E-state index < -0.39 is 23.3 Å². The van der Waals surface area contributed by atoms with E-state index in [1.54, 1.807) is 0 Å². The second-order valence-corrected chi connectivity index (χ2v) is 10.0. The van der Waals surface area contributed by atoms with E-state index in [0.717, 1.165) is 6.42 Å². The molecule has 1 N–H and O–H groups in total. The van der Waals surface area contributed by atoms with Crippen molar-refractivity contribution in [3.8, 4) is 0 Å². The molecule has 0 spiro atoms. The van der Waals surface area contributed by atoms with Gasteiger partial charge in [0.25, 0.3) is 0 Å². The Bertz CT molecular complexity index is 783. The second kappa shape index (κ2) is 7.50. The van der Waals surface area contributed by atoms with Gasteiger partial charge in [0.2, 0.25) is 0 Å². The van der Waals surface area contributed by atoms with E-state index in [1.807, 2.05) is 13.8 Å². The van der Waals surface area contributed by atoms with Crippen molar-refractivity contribution in [1.82, 2.24) is 0 Å². The smallest absolute Gasteiger partial charge is 0.308 e. The van der Waals surface area contributed by atoms with Crippen LogP contribution in [0.1, 0.15) is 65.2 Å². The Hall–Kier alpha value is -1.55. The molecule has 9 heteroatoms. The minimum absolute atomic E-state index is 0.142. The zero-order chi connectivity index (χ0) is 22.0. The van der Waals surface area contributed by atoms with Crippen LogP contribution in [0.3, 0.4) is 0 Å². The number of aliphatic carboxylic acids is 1. The summed E-state index contributed by atoms with van der Waals surface area (Å²) in [6, 6.07) is 0. The number of hydrogen-bond acceptors (Lipinski definition) is 8. The van der Waals surface area contributed by atoms with Crippen molar-refractivity contribution in [3.63, 3.8) is 0 Å². The van der Waals surface area contributed by atoms with Gasteiger partial charge in [-0.25, -0.2) is 0 Å². The molecule has 0 radical (unpaired) electrons. The molecule has 5 fully saturated rings. The van der Waals surface area contributed by atoms with E-state index in [-0.39, 0.29) is 67.6 Å². The maximum absolute atomic E-state index is 12.5. The first-order chi connectivity index (χ1) is 14.6. The number of esters is 1. The molecule has 0 aromatic rings. The summed E-state index contributed by atoms with van der Waals surface area (Å²) >= 11 is 0. The minimum Gasteiger partial charge on any atom is -0.481 e. The average Bonchev–Trinajstić information content (AvgIpc) is 2.88. The quantitative estimate of drug-likeness (QED) is 0.641. The van der Waals surface area contributed by atoms with Crippen molar-refractivity contribution >= 4 is 17.7 Å². The number of Topliss-reactive ketones (excluding diaryl/α,β-unsaturated/α-hetero) is 1. The Morgan fingerprint density at radius 3 is 2.48 bits per heavy atom. The Morgan fingerprint density at radius 2 is 1.71 bits per heavy atom. The van der Waals surface area contributed by atoms with Gasteiger partial charge in [-0.1, -0.05) is 0 Å². The van der Waals surface area contributed by atoms with E-state index in [1.165, 1.54) is 0 Å². The summed E-state index contributed by atoms with van der Waals surface area (Å²) in [7, 11) is 0. The molecule has 9 nitrogen and oxygen atoms in total. The van der Waals surface area contributed by atoms with Crippen LogP contribution in [0.2, 0.25) is 0 Å². The zero-order valence-corrected chi connectivity index (χ0v) is 17.9. The first kappa shape index (κ1) is 21.3. The van der Waals surface area contributed by atoms with Crippen LogP contribution in [0.4, 0.5) is 0 Å². The summed E-state index contributed by atoms with van der Waals surface area (Å²) in [6.45, 7) is 3.90. The summed E-state index contributed by atoms with van der Waals surface area (Å²) < 4.78 is 30.9. The van der Waals surface area contributed by atoms with E-state index >= 15 is 0 Å². The Labute approximate surface area is 180 Å². The highest BCUT2D eigenvalue weighted by atomic mass is 16.6. The number of rotatable bonds is 2. The molecule has 5 aliphatic rings. The second-order valence-electron chi connectivity index (χ2n) is 10.0. The van der Waals surface area contributed by atoms with Crippen molar-refractivity contribution in [1.29, 1.82) is 0 Å². The predicted molar refractivity (Wildman–Crippen MR) is 103 cm³/mol. The largest absolute Gasteiger partial charge is 0.481 e. The summed E-state index contributed by atoms with van der Waals surface area (Å²) in [5.74, 6) is -1.46. The number of carbonyl (C=O) groups excluding carboxylic acids is 2. The highest BCUT2D eigenvalue weighted by molar-refractivity contribution is 5.87. The summed E-state index contributed by atoms with van der Waals surface area (Å²) in [6.07, 6.45) is 0.898. The monoisotopic (exact) mass is 438 g/mol. The molecule has 0 unspecified atom stereocenters. The summed E-state index contributed by atoms with van der Waals surface area (Å²) in [4.78, 5) is 35.4. The lowest BCUT2D eigenvalue weighted by Crippen LogP contribution is -2.66. The van der Waals surface area contributed by atoms with Gasteiger partial charge in [0.05, 0.1) is 48.5 Å². The predicted octanol–water partition coefficient (Wildman–Crippen LogP) is 1.54. The Balaban J connectivity index is 1.35. The highest BCUT2D eigenvalue weighted by Gasteiger charge is 2.60. The van der Waals surface area contributed by atoms with Gasteiger partial charge in [-0.2, -0.15) is 0 Å². The summed E-state index contributed by atoms with van der Waals surface area (Å²) in [5, 5.41) is 9.20. The first-order valence-electron chi connectivity index (χ1n) is 11.3. The Kier molecular flexibility index (Phi) is 5.16. The molecular formula is C22H30O9. The molecule has 172 valence electrons. The molecule has 0 amide bonds. The molecule has 5 saturated heterocycles. The molecule has 9 atom stereocenters. The van der Waals surface area contributed by atoms with Crippen molar-refractivity contribution in [2.75, 3.05) is 0 Å². The van der Waals surface area contributed by atoms with E-state index in [0.29, 0.717) is 25.7 Å². The average molecular weight is 438 g/mol. The molecule has 0 saturated carbocycles. The number of ether oxygens (including phenoxy) is 5. The minimum atomic E-state index is -1.06. The topological polar surface area (TPSA) is 118 Å². The van der Waals surface area contributed by atoms with Gasteiger partial charge in [-0.3, -0.25) is 14.4 Å². The van der Waals surface area contributed by atoms with E-state index in [4.69, 9.17) is 23.7 Å². The van der Waals surface area contributed by atoms with Gasteiger partial charge >= 0.3 is 11.9 Å². The first-order valence-corrected chi connectivity index (χ1v) is 11.3. The number of carbonyl (C=O) groups is 3. The van der Waals surface area contributed by atoms with Crippen molar-refractivity contribution in [2.45, 2.75) is 119 Å². The number of fused-ring (bicyclic) bond motifs is 4. The lowest BCUT2D eigenvalue weighted by Gasteiger charge is -2.57. The van der Waals surface area contributed by atoms with Crippen LogP contribution in [0.15, 0.2) is 0 Å². The lowest BCUT2D eigenvalue weighted by atomic mass is 9.74. The fourth-order valence-electron chi connectivity index (χ4n) is 6.16. The molecule has 5 rings (SSSR count). The third-order valence-corrected chi connectivity index (χ3v) is 7.61. The molecular weight excluding hydrogens is 408 g/mol. The molecule has 5 heterocycles. The maximum atomic E-state index is 12.5. The maximum Gasteiger partial charge on any atom is 0.308 e. The van der Waals surface area contributed by atoms with Gasteiger partial charge in [-0.15, -0.1) is 0 Å². The SMILES string of the molecule is C[C@@]12C[C@]3(C)O[C@@H]4CC[C@@H]5OC(=O)C[C@H]5O[C@H]4C[C@H]3O[C@H]1CCC(=O)[C@H](CC(=O)O)O2. The Morgan fingerprint density at radius 1 is 0.968 bits per heavy atom. The van der Waals surface area contributed by atoms with Gasteiger partial charge in [-0.05, 0) is 33.1 Å². The van der Waals surface area contributed by atoms with Crippen LogP contribution in [-0.4, -0.2) is 76.8 Å². The third-order valence-electron chi connectivity index (χ3n) is 7.61. The van der Waals surface area contributed by atoms with E-state index in [2.05, 4.69) is 0 Å². The molecule has 0 bridgehead atoms. The van der Waals surface area contributed by atoms with Crippen LogP contribution < -0.4 is 0 Å². The standard InChI is InChI=1S/C22H30O9/c1-21-10-22(2)18(29-17(21)6-3-11(23)14(31-21)8-19(24)25)7-15-13(30-22)5-4-12-16(27-15)9-20(26)28-12/h12-18H,3-10H2,1-2H3,(H,24,25)/t12-,13+,14-,15-,16+,17-,18+,21+,22-/m0/s1. The number of ketones is 1. The molecule has 31 heavy (non-hydrogen) atoms. The third kappa shape index (κ3) is 3.79. The number of carboxylic acid groups (broad SMARTS) is 1. The molecule has 0 aromatic heterocycles. The number of hydrogen-bond donors (Lipinski definition) is 1. The van der Waals surface area contributed by atoms with Gasteiger partial charge in [0.1, 0.15) is 18.3 Å². The van der Waals surface area contributed by atoms with Crippen molar-refractivity contribution in [3.05, 3.63) is 0 Å². The van der Waals surface area contributed by atoms with Crippen LogP contribution in [0.25, 0.3) is 0 Å². The molecule has 5 aliphatic heterocycles. The van der Waals surface area contributed by atoms with Gasteiger partial charge in [0.15, 0.2) is 5.78 Å². The van der Waals surface area contributed by atoms with Gasteiger partial charge < -0.3 is 28.8 Å². The van der Waals surface area contributed by atoms with Crippen LogP contribution in [-0.2, 0) is 38.1 Å². The lowest BCUT2D eigenvalue weighted by molar-refractivity contribution is -0.319. The van der Waals surface area contributed by atoms with Gasteiger partial charge in [0, 0.05) is 19.3 Å². The summed E-state index contributed by atoms with van der Waals surface area (Å²) in [5.41, 5.74) is -1.46.